The number of fused-ring (bicyclic) bond motifs is 1. The van der Waals surface area contributed by atoms with Gasteiger partial charge in [0.1, 0.15) is 5.15 Å². The van der Waals surface area contributed by atoms with Gasteiger partial charge in [0.2, 0.25) is 0 Å². The van der Waals surface area contributed by atoms with E-state index in [2.05, 4.69) is 15.9 Å². The molecule has 72 valence electrons. The molecule has 0 aliphatic rings. The van der Waals surface area contributed by atoms with E-state index in [9.17, 15) is 4.79 Å². The minimum atomic E-state index is 0.480. The van der Waals surface area contributed by atoms with E-state index in [1.54, 1.807) is 4.57 Å². The third-order valence-corrected chi connectivity index (χ3v) is 3.20. The first kappa shape index (κ1) is 9.74. The van der Waals surface area contributed by atoms with E-state index in [0.29, 0.717) is 10.7 Å². The van der Waals surface area contributed by atoms with Gasteiger partial charge in [-0.15, -0.1) is 0 Å². The normalized spacial score (nSPS) is 10.8. The number of hydrogen-bond donors (Lipinski definition) is 0. The van der Waals surface area contributed by atoms with Crippen molar-refractivity contribution >= 4 is 44.7 Å². The lowest BCUT2D eigenvalue weighted by Crippen LogP contribution is -1.86. The quantitative estimate of drug-likeness (QED) is 0.729. The molecule has 0 N–H and O–H groups in total. The van der Waals surface area contributed by atoms with Crippen LogP contribution in [0.4, 0.5) is 0 Å². The van der Waals surface area contributed by atoms with Crippen molar-refractivity contribution in [2.45, 2.75) is 0 Å². The fourth-order valence-electron chi connectivity index (χ4n) is 1.53. The molecule has 14 heavy (non-hydrogen) atoms. The van der Waals surface area contributed by atoms with Gasteiger partial charge >= 0.3 is 0 Å². The Bertz CT molecular complexity index is 518. The van der Waals surface area contributed by atoms with Crippen LogP contribution in [0.1, 0.15) is 10.4 Å². The van der Waals surface area contributed by atoms with Crippen LogP contribution in [0.15, 0.2) is 22.7 Å². The van der Waals surface area contributed by atoms with Crippen LogP contribution in [0.3, 0.4) is 0 Å². The van der Waals surface area contributed by atoms with Crippen LogP contribution < -0.4 is 0 Å². The molecule has 1 aromatic carbocycles. The summed E-state index contributed by atoms with van der Waals surface area (Å²) in [5.41, 5.74) is 1.51. The Morgan fingerprint density at radius 3 is 2.86 bits per heavy atom. The number of aryl methyl sites for hydroxylation is 1. The molecule has 2 rings (SSSR count). The topological polar surface area (TPSA) is 22.0 Å². The average molecular weight is 273 g/mol. The Balaban J connectivity index is 2.96. The molecule has 0 spiro atoms. The summed E-state index contributed by atoms with van der Waals surface area (Å²) in [4.78, 5) is 10.9. The maximum atomic E-state index is 10.9. The zero-order valence-corrected chi connectivity index (χ0v) is 9.76. The van der Waals surface area contributed by atoms with Crippen molar-refractivity contribution in [1.82, 2.24) is 4.57 Å². The van der Waals surface area contributed by atoms with Gasteiger partial charge in [-0.1, -0.05) is 27.5 Å². The Morgan fingerprint density at radius 1 is 1.50 bits per heavy atom. The van der Waals surface area contributed by atoms with Crippen LogP contribution in [0, 0.1) is 0 Å². The summed E-state index contributed by atoms with van der Waals surface area (Å²) >= 11 is 9.37. The highest BCUT2D eigenvalue weighted by atomic mass is 79.9. The SMILES string of the molecule is Cn1c(Cl)c(C=O)c2cc(Br)ccc21. The molecular formula is C10H7BrClNO. The Labute approximate surface area is 94.6 Å². The summed E-state index contributed by atoms with van der Waals surface area (Å²) < 4.78 is 2.74. The molecular weight excluding hydrogens is 265 g/mol. The number of rotatable bonds is 1. The second kappa shape index (κ2) is 3.41. The largest absolute Gasteiger partial charge is 0.334 e. The summed E-state index contributed by atoms with van der Waals surface area (Å²) in [5.74, 6) is 0. The zero-order chi connectivity index (χ0) is 10.3. The van der Waals surface area contributed by atoms with E-state index in [1.165, 1.54) is 0 Å². The lowest BCUT2D eigenvalue weighted by atomic mass is 10.2. The lowest BCUT2D eigenvalue weighted by Gasteiger charge is -1.96. The van der Waals surface area contributed by atoms with E-state index in [4.69, 9.17) is 11.6 Å². The van der Waals surface area contributed by atoms with Crippen molar-refractivity contribution in [3.8, 4) is 0 Å². The van der Waals surface area contributed by atoms with Crippen molar-refractivity contribution in [3.63, 3.8) is 0 Å². The van der Waals surface area contributed by atoms with Gasteiger partial charge in [-0.25, -0.2) is 0 Å². The van der Waals surface area contributed by atoms with E-state index in [0.717, 1.165) is 21.7 Å². The van der Waals surface area contributed by atoms with Crippen molar-refractivity contribution in [2.24, 2.45) is 7.05 Å². The van der Waals surface area contributed by atoms with Gasteiger partial charge in [-0.05, 0) is 18.2 Å². The number of hydrogen-bond acceptors (Lipinski definition) is 1. The second-order valence-corrected chi connectivity index (χ2v) is 4.32. The first-order chi connectivity index (χ1) is 6.65. The molecule has 0 bridgehead atoms. The minimum absolute atomic E-state index is 0.480. The highest BCUT2D eigenvalue weighted by molar-refractivity contribution is 9.10. The zero-order valence-electron chi connectivity index (χ0n) is 7.42. The monoisotopic (exact) mass is 271 g/mol. The van der Waals surface area contributed by atoms with Crippen LogP contribution in [0.5, 0.6) is 0 Å². The minimum Gasteiger partial charge on any atom is -0.334 e. The molecule has 0 saturated heterocycles. The molecule has 4 heteroatoms. The lowest BCUT2D eigenvalue weighted by molar-refractivity contribution is 0.112. The van der Waals surface area contributed by atoms with Gasteiger partial charge in [0.15, 0.2) is 6.29 Å². The molecule has 2 nitrogen and oxygen atoms in total. The summed E-state index contributed by atoms with van der Waals surface area (Å²) in [6, 6.07) is 5.75. The van der Waals surface area contributed by atoms with Gasteiger partial charge in [0.05, 0.1) is 5.56 Å². The van der Waals surface area contributed by atoms with Crippen molar-refractivity contribution in [3.05, 3.63) is 33.4 Å². The van der Waals surface area contributed by atoms with Crippen LogP contribution in [0.25, 0.3) is 10.9 Å². The Hall–Kier alpha value is -0.800. The van der Waals surface area contributed by atoms with Crippen LogP contribution in [0.2, 0.25) is 5.15 Å². The first-order valence-electron chi connectivity index (χ1n) is 4.03. The predicted octanol–water partition coefficient (Wildman–Crippen LogP) is 3.41. The van der Waals surface area contributed by atoms with Crippen molar-refractivity contribution < 1.29 is 4.79 Å². The molecule has 0 aliphatic heterocycles. The first-order valence-corrected chi connectivity index (χ1v) is 5.21. The summed E-state index contributed by atoms with van der Waals surface area (Å²) in [6.45, 7) is 0. The predicted molar refractivity (Wildman–Crippen MR) is 61.0 cm³/mol. The smallest absolute Gasteiger partial charge is 0.153 e. The van der Waals surface area contributed by atoms with Crippen molar-refractivity contribution in [2.75, 3.05) is 0 Å². The standard InChI is InChI=1S/C10H7BrClNO/c1-13-9-3-2-6(11)4-7(9)8(5-14)10(13)12/h2-5H,1H3. The molecule has 2 aromatic rings. The highest BCUT2D eigenvalue weighted by Crippen LogP contribution is 2.29. The third kappa shape index (κ3) is 1.28. The number of halogens is 2. The summed E-state index contributed by atoms with van der Waals surface area (Å²) in [7, 11) is 1.84. The summed E-state index contributed by atoms with van der Waals surface area (Å²) in [6.07, 6.45) is 0.789. The van der Waals surface area contributed by atoms with E-state index >= 15 is 0 Å². The number of carbonyl (C=O) groups is 1. The number of nitrogens with zero attached hydrogens (tertiary/aromatic N) is 1. The molecule has 0 fully saturated rings. The molecule has 0 amide bonds. The van der Waals surface area contributed by atoms with Crippen LogP contribution in [-0.2, 0) is 7.05 Å². The fraction of sp³-hybridized carbons (Fsp3) is 0.100. The average Bonchev–Trinajstić information content (AvgIpc) is 2.39. The number of carbonyl (C=O) groups excluding carboxylic acids is 1. The Kier molecular flexibility index (Phi) is 2.37. The second-order valence-electron chi connectivity index (χ2n) is 3.04. The molecule has 1 aromatic heterocycles. The molecule has 1 heterocycles. The number of aldehydes is 1. The van der Waals surface area contributed by atoms with Gasteiger partial charge in [0.25, 0.3) is 0 Å². The van der Waals surface area contributed by atoms with Crippen molar-refractivity contribution in [1.29, 1.82) is 0 Å². The van der Waals surface area contributed by atoms with Gasteiger partial charge < -0.3 is 4.57 Å². The fourth-order valence-corrected chi connectivity index (χ4v) is 2.12. The molecule has 0 radical (unpaired) electrons. The van der Waals surface area contributed by atoms with Crippen LogP contribution >= 0.6 is 27.5 Å². The van der Waals surface area contributed by atoms with E-state index < -0.39 is 0 Å². The van der Waals surface area contributed by atoms with Gasteiger partial charge in [-0.3, -0.25) is 4.79 Å². The maximum absolute atomic E-state index is 10.9. The van der Waals surface area contributed by atoms with Gasteiger partial charge in [0, 0.05) is 22.4 Å². The molecule has 0 unspecified atom stereocenters. The third-order valence-electron chi connectivity index (χ3n) is 2.24. The Morgan fingerprint density at radius 2 is 2.21 bits per heavy atom. The number of benzene rings is 1. The molecule has 0 saturated carbocycles. The molecule has 0 aliphatic carbocycles. The van der Waals surface area contributed by atoms with Gasteiger partial charge in [-0.2, -0.15) is 0 Å². The molecule has 0 atom stereocenters. The van der Waals surface area contributed by atoms with E-state index in [-0.39, 0.29) is 0 Å². The van der Waals surface area contributed by atoms with Crippen LogP contribution in [-0.4, -0.2) is 10.9 Å². The van der Waals surface area contributed by atoms with E-state index in [1.807, 2.05) is 25.2 Å². The maximum Gasteiger partial charge on any atom is 0.153 e. The number of aromatic nitrogens is 1. The highest BCUT2D eigenvalue weighted by Gasteiger charge is 2.12. The summed E-state index contributed by atoms with van der Waals surface area (Å²) in [5, 5.41) is 1.36.